The van der Waals surface area contributed by atoms with Gasteiger partial charge in [0.1, 0.15) is 5.75 Å². The fraction of sp³-hybridized carbons (Fsp3) is 0.500. The smallest absolute Gasteiger partial charge is 0.310 e. The van der Waals surface area contributed by atoms with Crippen LogP contribution < -0.4 is 10.1 Å². The lowest BCUT2D eigenvalue weighted by molar-refractivity contribution is -0.146. The molecule has 190 valence electrons. The molecule has 3 aliphatic carbocycles. The number of carboxylic acid groups (broad SMARTS) is 1. The summed E-state index contributed by atoms with van der Waals surface area (Å²) in [4.78, 5) is 28.5. The van der Waals surface area contributed by atoms with Crippen LogP contribution in [0.5, 0.6) is 5.75 Å². The van der Waals surface area contributed by atoms with Crippen molar-refractivity contribution < 1.29 is 19.4 Å². The van der Waals surface area contributed by atoms with Gasteiger partial charge >= 0.3 is 5.97 Å². The monoisotopic (exact) mass is 488 g/mol. The van der Waals surface area contributed by atoms with E-state index < -0.39 is 11.4 Å². The number of hydrogen-bond donors (Lipinski definition) is 2. The minimum absolute atomic E-state index is 0.0986. The summed E-state index contributed by atoms with van der Waals surface area (Å²) in [5.41, 5.74) is 5.02. The van der Waals surface area contributed by atoms with Crippen LogP contribution >= 0.6 is 0 Å². The highest BCUT2D eigenvalue weighted by Gasteiger charge is 2.52. The van der Waals surface area contributed by atoms with Crippen LogP contribution in [0.1, 0.15) is 79.4 Å². The number of nitrogens with zero attached hydrogens (tertiary/aromatic N) is 1. The van der Waals surface area contributed by atoms with Gasteiger partial charge in [0.15, 0.2) is 0 Å². The van der Waals surface area contributed by atoms with Crippen LogP contribution in [-0.4, -0.2) is 35.6 Å². The van der Waals surface area contributed by atoms with Crippen molar-refractivity contribution in [3.8, 4) is 5.75 Å². The van der Waals surface area contributed by atoms with E-state index in [0.29, 0.717) is 23.3 Å². The van der Waals surface area contributed by atoms with Gasteiger partial charge in [0, 0.05) is 18.3 Å². The minimum atomic E-state index is -0.999. The number of carbonyl (C=O) groups is 2. The lowest BCUT2D eigenvalue weighted by Crippen LogP contribution is -2.41. The summed E-state index contributed by atoms with van der Waals surface area (Å²) in [6, 6.07) is 8.21. The summed E-state index contributed by atoms with van der Waals surface area (Å²) in [6.45, 7) is 5.77. The second kappa shape index (κ2) is 9.06. The van der Waals surface area contributed by atoms with E-state index >= 15 is 0 Å². The Balaban J connectivity index is 1.33. The molecule has 6 heteroatoms. The maximum Gasteiger partial charge on any atom is 0.310 e. The molecule has 2 N–H and O–H groups in total. The third-order valence-electron chi connectivity index (χ3n) is 9.10. The zero-order valence-corrected chi connectivity index (χ0v) is 21.6. The van der Waals surface area contributed by atoms with Crippen molar-refractivity contribution >= 4 is 17.4 Å². The third-order valence-corrected chi connectivity index (χ3v) is 9.10. The zero-order valence-electron chi connectivity index (χ0n) is 21.6. The lowest BCUT2D eigenvalue weighted by atomic mass is 9.54. The summed E-state index contributed by atoms with van der Waals surface area (Å²) in [5, 5.41) is 12.1. The molecule has 1 amide bonds. The number of fused-ring (bicyclic) bond motifs is 5. The first kappa shape index (κ1) is 24.5. The fourth-order valence-corrected chi connectivity index (χ4v) is 6.90. The number of allylic oxidation sites excluding steroid dienone is 2. The Morgan fingerprint density at radius 1 is 1.22 bits per heavy atom. The van der Waals surface area contributed by atoms with Gasteiger partial charge in [0.25, 0.3) is 5.91 Å². The predicted molar refractivity (Wildman–Crippen MR) is 139 cm³/mol. The second-order valence-corrected chi connectivity index (χ2v) is 11.6. The number of benzene rings is 1. The summed E-state index contributed by atoms with van der Waals surface area (Å²) >= 11 is 0. The molecule has 0 spiro atoms. The van der Waals surface area contributed by atoms with Crippen LogP contribution in [0.4, 0.5) is 0 Å². The van der Waals surface area contributed by atoms with Crippen LogP contribution in [0.3, 0.4) is 0 Å². The number of aryl methyl sites for hydroxylation is 1. The first-order valence-electron chi connectivity index (χ1n) is 13.0. The number of ether oxygens (including phenoxy) is 1. The molecule has 36 heavy (non-hydrogen) atoms. The van der Waals surface area contributed by atoms with Gasteiger partial charge in [-0.05, 0) is 110 Å². The Labute approximate surface area is 213 Å². The zero-order chi connectivity index (χ0) is 25.7. The number of nitrogens with one attached hydrogen (secondary N) is 1. The number of amides is 1. The van der Waals surface area contributed by atoms with Gasteiger partial charge < -0.3 is 15.2 Å². The van der Waals surface area contributed by atoms with Crippen molar-refractivity contribution in [3.05, 3.63) is 65.0 Å². The van der Waals surface area contributed by atoms with Crippen LogP contribution in [0.25, 0.3) is 5.57 Å². The number of carboxylic acids is 1. The molecule has 5 rings (SSSR count). The Morgan fingerprint density at radius 2 is 2.03 bits per heavy atom. The molecular weight excluding hydrogens is 452 g/mol. The molecule has 1 heterocycles. The Bertz CT molecular complexity index is 1230. The molecule has 0 radical (unpaired) electrons. The van der Waals surface area contributed by atoms with Gasteiger partial charge in [-0.2, -0.15) is 0 Å². The Hall–Kier alpha value is -3.15. The first-order chi connectivity index (χ1) is 17.1. The molecule has 6 nitrogen and oxygen atoms in total. The van der Waals surface area contributed by atoms with Gasteiger partial charge in [-0.3, -0.25) is 14.6 Å². The van der Waals surface area contributed by atoms with E-state index in [0.717, 1.165) is 37.9 Å². The lowest BCUT2D eigenvalue weighted by Gasteiger charge is -2.50. The van der Waals surface area contributed by atoms with Crippen molar-refractivity contribution in [2.24, 2.45) is 22.7 Å². The molecule has 0 saturated heterocycles. The van der Waals surface area contributed by atoms with E-state index in [-0.39, 0.29) is 17.9 Å². The normalized spacial score (nSPS) is 26.8. The number of rotatable bonds is 6. The molecule has 1 fully saturated rings. The van der Waals surface area contributed by atoms with E-state index in [1.165, 1.54) is 22.3 Å². The topological polar surface area (TPSA) is 88.5 Å². The minimum Gasteiger partial charge on any atom is -0.495 e. The maximum absolute atomic E-state index is 12.8. The molecule has 3 aliphatic rings. The van der Waals surface area contributed by atoms with Crippen molar-refractivity contribution in [1.29, 1.82) is 0 Å². The van der Waals surface area contributed by atoms with E-state index in [1.807, 2.05) is 18.3 Å². The van der Waals surface area contributed by atoms with Gasteiger partial charge in [-0.1, -0.05) is 19.1 Å². The number of pyridine rings is 1. The van der Waals surface area contributed by atoms with Gasteiger partial charge in [0.05, 0.1) is 18.7 Å². The molecule has 2 aromatic rings. The quantitative estimate of drug-likeness (QED) is 0.562. The third kappa shape index (κ3) is 4.10. The van der Waals surface area contributed by atoms with Crippen molar-refractivity contribution in [2.45, 2.75) is 58.8 Å². The predicted octanol–water partition coefficient (Wildman–Crippen LogP) is 5.48. The number of carbonyl (C=O) groups excluding carboxylic acids is 1. The number of hydrogen-bond acceptors (Lipinski definition) is 4. The maximum atomic E-state index is 12.8. The molecule has 1 aromatic carbocycles. The summed E-state index contributed by atoms with van der Waals surface area (Å²) in [5.74, 6) is 1.42. The molecule has 0 aliphatic heterocycles. The van der Waals surface area contributed by atoms with Gasteiger partial charge in [-0.15, -0.1) is 0 Å². The molecular formula is C30H36N2O4. The van der Waals surface area contributed by atoms with E-state index in [4.69, 9.17) is 4.74 Å². The van der Waals surface area contributed by atoms with Crippen LogP contribution in [0, 0.1) is 22.7 Å². The van der Waals surface area contributed by atoms with Crippen LogP contribution in [-0.2, 0) is 11.2 Å². The number of aromatic nitrogens is 1. The molecule has 0 bridgehead atoms. The Kier molecular flexibility index (Phi) is 6.17. The molecule has 1 saturated carbocycles. The second-order valence-electron chi connectivity index (χ2n) is 11.6. The van der Waals surface area contributed by atoms with Crippen molar-refractivity contribution in [3.63, 3.8) is 0 Å². The fourth-order valence-electron chi connectivity index (χ4n) is 6.90. The summed E-state index contributed by atoms with van der Waals surface area (Å²) in [6.07, 6.45) is 11.6. The Morgan fingerprint density at radius 3 is 2.78 bits per heavy atom. The van der Waals surface area contributed by atoms with Crippen LogP contribution in [0.15, 0.2) is 42.7 Å². The van der Waals surface area contributed by atoms with Crippen molar-refractivity contribution in [2.75, 3.05) is 13.7 Å². The van der Waals surface area contributed by atoms with Crippen LogP contribution in [0.2, 0.25) is 0 Å². The molecule has 4 atom stereocenters. The highest BCUT2D eigenvalue weighted by atomic mass is 16.5. The summed E-state index contributed by atoms with van der Waals surface area (Å²) in [7, 11) is 1.69. The average Bonchev–Trinajstić information content (AvgIpc) is 3.24. The van der Waals surface area contributed by atoms with Gasteiger partial charge in [-0.25, -0.2) is 0 Å². The van der Waals surface area contributed by atoms with E-state index in [1.54, 1.807) is 27.2 Å². The largest absolute Gasteiger partial charge is 0.495 e. The summed E-state index contributed by atoms with van der Waals surface area (Å²) < 4.78 is 5.43. The molecule has 0 unspecified atom stereocenters. The standard InChI is InChI=1S/C30H36N2O4/c1-29(2,28(34)35)17-32-27(33)19-6-7-22-18(13-19)5-8-24-23(22)11-12-30(3)25(9-10-26(24)30)20-14-21(36-4)16-31-15-20/h6-7,9,13-16,23-24,26H,5,8,10-12,17H2,1-4H3,(H,32,33)(H,34,35)/t23-,24-,26+,30-/m1/s1. The SMILES string of the molecule is COc1cncc(C2=CC[C@H]3[C@@H]4CCc5cc(C(=O)NCC(C)(C)C(=O)O)ccc5[C@H]4CC[C@]23C)c1. The number of aliphatic carboxylic acids is 1. The molecule has 1 aromatic heterocycles. The first-order valence-corrected chi connectivity index (χ1v) is 13.0. The van der Waals surface area contributed by atoms with Gasteiger partial charge in [0.2, 0.25) is 0 Å². The van der Waals surface area contributed by atoms with E-state index in [9.17, 15) is 14.7 Å². The van der Waals surface area contributed by atoms with Crippen molar-refractivity contribution in [1.82, 2.24) is 10.3 Å². The average molecular weight is 489 g/mol. The highest BCUT2D eigenvalue weighted by molar-refractivity contribution is 5.94. The highest BCUT2D eigenvalue weighted by Crippen LogP contribution is 2.63. The number of methoxy groups -OCH3 is 1. The van der Waals surface area contributed by atoms with E-state index in [2.05, 4.69) is 35.4 Å².